The van der Waals surface area contributed by atoms with Gasteiger partial charge in [0.05, 0.1) is 31.2 Å². The Bertz CT molecular complexity index is 704. The molecule has 0 aromatic carbocycles. The summed E-state index contributed by atoms with van der Waals surface area (Å²) in [7, 11) is 1.60. The fourth-order valence-corrected chi connectivity index (χ4v) is 2.46. The Hall–Kier alpha value is -1.83. The lowest BCUT2D eigenvalue weighted by Gasteiger charge is -2.28. The van der Waals surface area contributed by atoms with Crippen molar-refractivity contribution < 1.29 is 4.74 Å². The van der Waals surface area contributed by atoms with Gasteiger partial charge in [-0.25, -0.2) is 4.68 Å². The van der Waals surface area contributed by atoms with E-state index in [1.54, 1.807) is 37.7 Å². The molecule has 1 fully saturated rings. The number of aromatic nitrogens is 3. The van der Waals surface area contributed by atoms with Crippen LogP contribution in [-0.2, 0) is 6.54 Å². The third-order valence-corrected chi connectivity index (χ3v) is 3.67. The Kier molecular flexibility index (Phi) is 7.97. The Morgan fingerprint density at radius 3 is 2.67 bits per heavy atom. The van der Waals surface area contributed by atoms with Crippen LogP contribution >= 0.6 is 24.8 Å². The summed E-state index contributed by atoms with van der Waals surface area (Å²) in [6.07, 6.45) is 3.40. The SMILES string of the molecule is COc1ccnc(Cn2ncc(N3CCNCC3)cc2=O)c1.Cl.Cl. The molecule has 0 unspecified atom stereocenters. The van der Waals surface area contributed by atoms with Gasteiger partial charge in [-0.15, -0.1) is 24.8 Å². The number of nitrogens with zero attached hydrogens (tertiary/aromatic N) is 4. The van der Waals surface area contributed by atoms with E-state index in [2.05, 4.69) is 20.3 Å². The maximum Gasteiger partial charge on any atom is 0.269 e. The molecular weight excluding hydrogens is 353 g/mol. The van der Waals surface area contributed by atoms with E-state index in [1.165, 1.54) is 4.68 Å². The van der Waals surface area contributed by atoms with E-state index >= 15 is 0 Å². The number of hydrogen-bond donors (Lipinski definition) is 1. The highest BCUT2D eigenvalue weighted by Crippen LogP contribution is 2.12. The van der Waals surface area contributed by atoms with E-state index < -0.39 is 0 Å². The van der Waals surface area contributed by atoms with Crippen molar-refractivity contribution in [2.75, 3.05) is 38.2 Å². The number of methoxy groups -OCH3 is 1. The number of rotatable bonds is 4. The number of piperazine rings is 1. The highest BCUT2D eigenvalue weighted by atomic mass is 35.5. The van der Waals surface area contributed by atoms with Crippen molar-refractivity contribution in [1.29, 1.82) is 0 Å². The topological polar surface area (TPSA) is 72.3 Å². The number of hydrogen-bond acceptors (Lipinski definition) is 6. The first-order valence-electron chi connectivity index (χ1n) is 7.28. The predicted molar refractivity (Wildman–Crippen MR) is 98.0 cm³/mol. The van der Waals surface area contributed by atoms with Gasteiger partial charge >= 0.3 is 0 Å². The molecule has 24 heavy (non-hydrogen) atoms. The summed E-state index contributed by atoms with van der Waals surface area (Å²) in [6.45, 7) is 3.97. The second-order valence-electron chi connectivity index (χ2n) is 5.13. The molecule has 0 aliphatic carbocycles. The minimum absolute atomic E-state index is 0. The molecular formula is C15H21Cl2N5O2. The van der Waals surface area contributed by atoms with Gasteiger partial charge in [0.1, 0.15) is 5.75 Å². The lowest BCUT2D eigenvalue weighted by Crippen LogP contribution is -2.44. The molecule has 2 aromatic heterocycles. The van der Waals surface area contributed by atoms with Crippen LogP contribution in [0.1, 0.15) is 5.69 Å². The summed E-state index contributed by atoms with van der Waals surface area (Å²) in [4.78, 5) is 18.6. The van der Waals surface area contributed by atoms with Gasteiger partial charge in [-0.2, -0.15) is 5.10 Å². The molecule has 3 heterocycles. The molecule has 1 N–H and O–H groups in total. The Balaban J connectivity index is 0.00000144. The molecule has 9 heteroatoms. The summed E-state index contributed by atoms with van der Waals surface area (Å²) in [5.74, 6) is 0.718. The first-order chi connectivity index (χ1) is 10.8. The zero-order chi connectivity index (χ0) is 15.4. The standard InChI is InChI=1S/C15H19N5O2.2ClH/c1-22-14-2-3-17-12(8-14)11-20-15(21)9-13(10-18-20)19-6-4-16-5-7-19;;/h2-3,8-10,16H,4-7,11H2,1H3;2*1H. The second-order valence-corrected chi connectivity index (χ2v) is 5.13. The van der Waals surface area contributed by atoms with Crippen molar-refractivity contribution >= 4 is 30.5 Å². The summed E-state index contributed by atoms with van der Waals surface area (Å²) in [6, 6.07) is 5.21. The fraction of sp³-hybridized carbons (Fsp3) is 0.400. The lowest BCUT2D eigenvalue weighted by molar-refractivity contribution is 0.413. The zero-order valence-electron chi connectivity index (χ0n) is 13.3. The van der Waals surface area contributed by atoms with E-state index in [1.807, 2.05) is 0 Å². The molecule has 0 amide bonds. The Morgan fingerprint density at radius 2 is 2.00 bits per heavy atom. The molecule has 0 atom stereocenters. The third-order valence-electron chi connectivity index (χ3n) is 3.67. The van der Waals surface area contributed by atoms with Crippen LogP contribution in [0.2, 0.25) is 0 Å². The molecule has 1 saturated heterocycles. The predicted octanol–water partition coefficient (Wildman–Crippen LogP) is 0.948. The highest BCUT2D eigenvalue weighted by Gasteiger charge is 2.12. The van der Waals surface area contributed by atoms with Gasteiger partial charge in [0, 0.05) is 44.5 Å². The van der Waals surface area contributed by atoms with Gasteiger partial charge in [-0.1, -0.05) is 0 Å². The summed E-state index contributed by atoms with van der Waals surface area (Å²) < 4.78 is 6.57. The molecule has 2 aromatic rings. The molecule has 0 radical (unpaired) electrons. The van der Waals surface area contributed by atoms with Crippen LogP contribution in [0.25, 0.3) is 0 Å². The summed E-state index contributed by atoms with van der Waals surface area (Å²) in [5, 5.41) is 7.55. The van der Waals surface area contributed by atoms with Gasteiger partial charge in [0.2, 0.25) is 0 Å². The maximum atomic E-state index is 12.2. The van der Waals surface area contributed by atoms with E-state index in [4.69, 9.17) is 4.74 Å². The Labute approximate surface area is 152 Å². The van der Waals surface area contributed by atoms with Crippen LogP contribution in [0.3, 0.4) is 0 Å². The van der Waals surface area contributed by atoms with Gasteiger partial charge < -0.3 is 15.0 Å². The molecule has 7 nitrogen and oxygen atoms in total. The first-order valence-corrected chi connectivity index (χ1v) is 7.28. The third kappa shape index (κ3) is 4.83. The van der Waals surface area contributed by atoms with E-state index in [9.17, 15) is 4.79 Å². The number of anilines is 1. The van der Waals surface area contributed by atoms with Gasteiger partial charge in [0.15, 0.2) is 0 Å². The van der Waals surface area contributed by atoms with Crippen LogP contribution < -0.4 is 20.5 Å². The quantitative estimate of drug-likeness (QED) is 0.859. The van der Waals surface area contributed by atoms with Crippen molar-refractivity contribution in [1.82, 2.24) is 20.1 Å². The average molecular weight is 374 g/mol. The number of ether oxygens (including phenoxy) is 1. The number of pyridine rings is 1. The number of halogens is 2. The average Bonchev–Trinajstić information content (AvgIpc) is 2.58. The largest absolute Gasteiger partial charge is 0.497 e. The molecule has 3 rings (SSSR count). The maximum absolute atomic E-state index is 12.2. The lowest BCUT2D eigenvalue weighted by atomic mass is 10.3. The van der Waals surface area contributed by atoms with E-state index in [0.29, 0.717) is 6.54 Å². The van der Waals surface area contributed by atoms with Crippen molar-refractivity contribution in [3.63, 3.8) is 0 Å². The first kappa shape index (κ1) is 20.2. The van der Waals surface area contributed by atoms with Gasteiger partial charge in [-0.05, 0) is 6.07 Å². The van der Waals surface area contributed by atoms with Crippen LogP contribution in [0.5, 0.6) is 5.75 Å². The highest BCUT2D eigenvalue weighted by molar-refractivity contribution is 5.85. The minimum Gasteiger partial charge on any atom is -0.497 e. The van der Waals surface area contributed by atoms with E-state index in [0.717, 1.165) is 43.3 Å². The molecule has 0 spiro atoms. The second kappa shape index (κ2) is 9.46. The summed E-state index contributed by atoms with van der Waals surface area (Å²) >= 11 is 0. The van der Waals surface area contributed by atoms with Crippen LogP contribution in [0.15, 0.2) is 35.4 Å². The van der Waals surface area contributed by atoms with Crippen molar-refractivity contribution in [2.24, 2.45) is 0 Å². The zero-order valence-corrected chi connectivity index (χ0v) is 15.0. The minimum atomic E-state index is -0.124. The Morgan fingerprint density at radius 1 is 1.25 bits per heavy atom. The summed E-state index contributed by atoms with van der Waals surface area (Å²) in [5.41, 5.74) is 1.49. The molecule has 1 aliphatic heterocycles. The smallest absolute Gasteiger partial charge is 0.269 e. The monoisotopic (exact) mass is 373 g/mol. The van der Waals surface area contributed by atoms with Crippen molar-refractivity contribution in [3.05, 3.63) is 46.6 Å². The molecule has 0 bridgehead atoms. The van der Waals surface area contributed by atoms with Crippen LogP contribution in [0.4, 0.5) is 5.69 Å². The van der Waals surface area contributed by atoms with Crippen molar-refractivity contribution in [3.8, 4) is 5.75 Å². The van der Waals surface area contributed by atoms with Crippen LogP contribution in [-0.4, -0.2) is 48.1 Å². The van der Waals surface area contributed by atoms with E-state index in [-0.39, 0.29) is 30.4 Å². The molecule has 132 valence electrons. The number of nitrogens with one attached hydrogen (secondary N) is 1. The molecule has 1 aliphatic rings. The van der Waals surface area contributed by atoms with Gasteiger partial charge in [-0.3, -0.25) is 9.78 Å². The molecule has 0 saturated carbocycles. The van der Waals surface area contributed by atoms with Crippen molar-refractivity contribution in [2.45, 2.75) is 6.54 Å². The fourth-order valence-electron chi connectivity index (χ4n) is 2.46. The van der Waals surface area contributed by atoms with Gasteiger partial charge in [0.25, 0.3) is 5.56 Å². The van der Waals surface area contributed by atoms with Crippen LogP contribution in [0, 0.1) is 0 Å². The normalized spacial score (nSPS) is 13.6.